The normalized spacial score (nSPS) is 21.4. The molecule has 4 nitrogen and oxygen atoms in total. The second-order valence-corrected chi connectivity index (χ2v) is 5.61. The Morgan fingerprint density at radius 1 is 1.33 bits per heavy atom. The van der Waals surface area contributed by atoms with Crippen molar-refractivity contribution >= 4 is 29.1 Å². The number of rotatable bonds is 3. The van der Waals surface area contributed by atoms with Gasteiger partial charge in [-0.05, 0) is 31.9 Å². The minimum atomic E-state index is -0.988. The van der Waals surface area contributed by atoms with Gasteiger partial charge in [0.2, 0.25) is 5.91 Å². The standard InChI is InChI=1S/C15H18ClFN2O2/c1-4-15(5-2)14(21)19(9(3)13(20)18-15)11-8-6-7-10(16)12(11)17/h6-9H,4-5H2,1-3H3,(H,18,20). The van der Waals surface area contributed by atoms with E-state index in [1.54, 1.807) is 13.0 Å². The highest BCUT2D eigenvalue weighted by molar-refractivity contribution is 6.31. The van der Waals surface area contributed by atoms with Crippen LogP contribution in [0.4, 0.5) is 10.1 Å². The van der Waals surface area contributed by atoms with Gasteiger partial charge in [0.25, 0.3) is 5.91 Å². The molecule has 2 amide bonds. The van der Waals surface area contributed by atoms with Crippen LogP contribution in [0.2, 0.25) is 5.02 Å². The number of amides is 2. The lowest BCUT2D eigenvalue weighted by Crippen LogP contribution is -2.69. The SMILES string of the molecule is CCC1(CC)NC(=O)C(C)N(c2cccc(Cl)c2F)C1=O. The monoisotopic (exact) mass is 312 g/mol. The number of halogens is 2. The summed E-state index contributed by atoms with van der Waals surface area (Å²) in [6.07, 6.45) is 0.888. The molecule has 1 aromatic rings. The van der Waals surface area contributed by atoms with E-state index in [9.17, 15) is 14.0 Å². The first-order valence-electron chi connectivity index (χ1n) is 6.97. The fourth-order valence-corrected chi connectivity index (χ4v) is 2.81. The lowest BCUT2D eigenvalue weighted by Gasteiger charge is -2.44. The Morgan fingerprint density at radius 3 is 2.52 bits per heavy atom. The van der Waals surface area contributed by atoms with Crippen LogP contribution in [0.3, 0.4) is 0 Å². The molecule has 1 fully saturated rings. The predicted octanol–water partition coefficient (Wildman–Crippen LogP) is 2.89. The van der Waals surface area contributed by atoms with Crippen molar-refractivity contribution < 1.29 is 14.0 Å². The summed E-state index contributed by atoms with van der Waals surface area (Å²) in [5.74, 6) is -1.28. The van der Waals surface area contributed by atoms with Crippen LogP contribution in [-0.2, 0) is 9.59 Å². The van der Waals surface area contributed by atoms with Crippen molar-refractivity contribution in [3.8, 4) is 0 Å². The zero-order valence-corrected chi connectivity index (χ0v) is 13.0. The molecule has 1 atom stereocenters. The molecule has 1 aliphatic rings. The highest BCUT2D eigenvalue weighted by Crippen LogP contribution is 2.33. The fraction of sp³-hybridized carbons (Fsp3) is 0.467. The first-order valence-corrected chi connectivity index (χ1v) is 7.35. The van der Waals surface area contributed by atoms with Gasteiger partial charge in [-0.1, -0.05) is 31.5 Å². The lowest BCUT2D eigenvalue weighted by atomic mass is 9.87. The highest BCUT2D eigenvalue weighted by atomic mass is 35.5. The van der Waals surface area contributed by atoms with Gasteiger partial charge in [0.1, 0.15) is 11.6 Å². The summed E-state index contributed by atoms with van der Waals surface area (Å²) >= 11 is 5.79. The van der Waals surface area contributed by atoms with Crippen LogP contribution in [0.5, 0.6) is 0 Å². The summed E-state index contributed by atoms with van der Waals surface area (Å²) in [4.78, 5) is 26.2. The number of hydrogen-bond acceptors (Lipinski definition) is 2. The number of anilines is 1. The molecule has 21 heavy (non-hydrogen) atoms. The smallest absolute Gasteiger partial charge is 0.253 e. The molecule has 0 bridgehead atoms. The van der Waals surface area contributed by atoms with E-state index >= 15 is 0 Å². The van der Waals surface area contributed by atoms with Crippen molar-refractivity contribution in [1.82, 2.24) is 5.32 Å². The number of benzene rings is 1. The molecule has 1 N–H and O–H groups in total. The molecule has 1 unspecified atom stereocenters. The Bertz CT molecular complexity index is 587. The van der Waals surface area contributed by atoms with Gasteiger partial charge in [-0.25, -0.2) is 4.39 Å². The molecule has 1 saturated heterocycles. The molecule has 0 saturated carbocycles. The molecule has 0 aromatic heterocycles. The van der Waals surface area contributed by atoms with Gasteiger partial charge in [0, 0.05) is 0 Å². The van der Waals surface area contributed by atoms with Gasteiger partial charge in [-0.2, -0.15) is 0 Å². The largest absolute Gasteiger partial charge is 0.340 e. The maximum Gasteiger partial charge on any atom is 0.253 e. The number of piperazine rings is 1. The summed E-state index contributed by atoms with van der Waals surface area (Å²) in [5, 5.41) is 2.70. The maximum absolute atomic E-state index is 14.3. The number of nitrogens with one attached hydrogen (secondary N) is 1. The summed E-state index contributed by atoms with van der Waals surface area (Å²) < 4.78 is 14.3. The second-order valence-electron chi connectivity index (χ2n) is 5.20. The van der Waals surface area contributed by atoms with E-state index in [1.165, 1.54) is 17.0 Å². The molecular formula is C15H18ClFN2O2. The van der Waals surface area contributed by atoms with Crippen LogP contribution in [-0.4, -0.2) is 23.4 Å². The van der Waals surface area contributed by atoms with Gasteiger partial charge in [0.05, 0.1) is 10.7 Å². The van der Waals surface area contributed by atoms with Crippen LogP contribution in [0.15, 0.2) is 18.2 Å². The number of carbonyl (C=O) groups excluding carboxylic acids is 2. The molecule has 1 heterocycles. The average Bonchev–Trinajstić information content (AvgIpc) is 2.47. The average molecular weight is 313 g/mol. The molecule has 0 radical (unpaired) electrons. The molecule has 0 spiro atoms. The predicted molar refractivity (Wildman–Crippen MR) is 79.8 cm³/mol. The van der Waals surface area contributed by atoms with Crippen LogP contribution in [0.1, 0.15) is 33.6 Å². The van der Waals surface area contributed by atoms with Gasteiger partial charge in [0.15, 0.2) is 5.82 Å². The maximum atomic E-state index is 14.3. The van der Waals surface area contributed by atoms with Crippen LogP contribution in [0, 0.1) is 5.82 Å². The summed E-state index contributed by atoms with van der Waals surface area (Å²) in [6, 6.07) is 3.65. The number of carbonyl (C=O) groups is 2. The van der Waals surface area contributed by atoms with Crippen molar-refractivity contribution in [2.24, 2.45) is 0 Å². The lowest BCUT2D eigenvalue weighted by molar-refractivity contribution is -0.138. The number of hydrogen-bond donors (Lipinski definition) is 1. The van der Waals surface area contributed by atoms with E-state index in [1.807, 2.05) is 13.8 Å². The van der Waals surface area contributed by atoms with Crippen LogP contribution >= 0.6 is 11.6 Å². The van der Waals surface area contributed by atoms with E-state index in [0.29, 0.717) is 12.8 Å². The quantitative estimate of drug-likeness (QED) is 0.933. The van der Waals surface area contributed by atoms with E-state index < -0.39 is 17.4 Å². The Kier molecular flexibility index (Phi) is 4.23. The molecule has 1 aromatic carbocycles. The van der Waals surface area contributed by atoms with Gasteiger partial charge < -0.3 is 5.32 Å². The minimum absolute atomic E-state index is 0.0427. The van der Waals surface area contributed by atoms with Crippen LogP contribution in [0.25, 0.3) is 0 Å². The zero-order valence-electron chi connectivity index (χ0n) is 12.2. The van der Waals surface area contributed by atoms with Crippen LogP contribution < -0.4 is 10.2 Å². The fourth-order valence-electron chi connectivity index (χ4n) is 2.64. The first kappa shape index (κ1) is 15.8. The number of nitrogens with zero attached hydrogens (tertiary/aromatic N) is 1. The van der Waals surface area contributed by atoms with E-state index in [4.69, 9.17) is 11.6 Å². The van der Waals surface area contributed by atoms with Gasteiger partial charge in [-0.3, -0.25) is 14.5 Å². The molecule has 1 aliphatic heterocycles. The zero-order chi connectivity index (χ0) is 15.8. The molecular weight excluding hydrogens is 295 g/mol. The molecule has 6 heteroatoms. The third kappa shape index (κ3) is 2.39. The second kappa shape index (κ2) is 5.64. The third-order valence-corrected chi connectivity index (χ3v) is 4.45. The Labute approximate surface area is 128 Å². The Morgan fingerprint density at radius 2 is 1.95 bits per heavy atom. The van der Waals surface area contributed by atoms with Crippen molar-refractivity contribution in [3.63, 3.8) is 0 Å². The molecule has 2 rings (SSSR count). The highest BCUT2D eigenvalue weighted by Gasteiger charge is 2.48. The van der Waals surface area contributed by atoms with Crippen molar-refractivity contribution in [3.05, 3.63) is 29.0 Å². The van der Waals surface area contributed by atoms with E-state index in [2.05, 4.69) is 5.32 Å². The third-order valence-electron chi connectivity index (χ3n) is 4.16. The van der Waals surface area contributed by atoms with Gasteiger partial charge >= 0.3 is 0 Å². The van der Waals surface area contributed by atoms with Crippen molar-refractivity contribution in [2.75, 3.05) is 4.90 Å². The van der Waals surface area contributed by atoms with Gasteiger partial charge in [-0.15, -0.1) is 0 Å². The summed E-state index contributed by atoms with van der Waals surface area (Å²) in [6.45, 7) is 5.22. The topological polar surface area (TPSA) is 49.4 Å². The first-order chi connectivity index (χ1) is 9.88. The Balaban J connectivity index is 2.56. The molecule has 0 aliphatic carbocycles. The van der Waals surface area contributed by atoms with E-state index in [-0.39, 0.29) is 22.5 Å². The van der Waals surface area contributed by atoms with E-state index in [0.717, 1.165) is 0 Å². The summed E-state index contributed by atoms with van der Waals surface area (Å²) in [5.41, 5.74) is -0.945. The summed E-state index contributed by atoms with van der Waals surface area (Å²) in [7, 11) is 0. The van der Waals surface area contributed by atoms with Crippen molar-refractivity contribution in [2.45, 2.75) is 45.2 Å². The Hall–Kier alpha value is -1.62. The minimum Gasteiger partial charge on any atom is -0.340 e. The molecule has 114 valence electrons. The van der Waals surface area contributed by atoms with Crippen molar-refractivity contribution in [1.29, 1.82) is 0 Å².